The van der Waals surface area contributed by atoms with Crippen LogP contribution in [0.2, 0.25) is 0 Å². The summed E-state index contributed by atoms with van der Waals surface area (Å²) in [6, 6.07) is 7.07. The minimum Gasteiger partial charge on any atom is -0.352 e. The fourth-order valence-corrected chi connectivity index (χ4v) is 6.01. The first kappa shape index (κ1) is 23.9. The molecule has 0 aromatic heterocycles. The quantitative estimate of drug-likeness (QED) is 0.310. The zero-order valence-electron chi connectivity index (χ0n) is 19.7. The number of amides is 1. The Morgan fingerprint density at radius 1 is 1.23 bits per heavy atom. The molecular weight excluding hydrogens is 387 g/mol. The first-order valence-electron chi connectivity index (χ1n) is 12.6. The van der Waals surface area contributed by atoms with Crippen LogP contribution in [0.15, 0.2) is 29.3 Å². The summed E-state index contributed by atoms with van der Waals surface area (Å²) in [5, 5.41) is 3.26. The van der Waals surface area contributed by atoms with Crippen molar-refractivity contribution in [2.45, 2.75) is 96.9 Å². The van der Waals surface area contributed by atoms with Crippen molar-refractivity contribution in [3.05, 3.63) is 35.6 Å². The zero-order chi connectivity index (χ0) is 22.2. The largest absolute Gasteiger partial charge is 0.352 e. The van der Waals surface area contributed by atoms with E-state index in [1.807, 2.05) is 6.07 Å². The van der Waals surface area contributed by atoms with Crippen LogP contribution in [-0.2, 0) is 4.79 Å². The molecule has 0 heterocycles. The number of carbonyl (C=O) groups excluding carboxylic acids is 1. The van der Waals surface area contributed by atoms with E-state index >= 15 is 0 Å². The first-order chi connectivity index (χ1) is 15.0. The van der Waals surface area contributed by atoms with Crippen molar-refractivity contribution in [3.8, 4) is 0 Å². The van der Waals surface area contributed by atoms with Gasteiger partial charge < -0.3 is 5.32 Å². The molecule has 5 unspecified atom stereocenters. The van der Waals surface area contributed by atoms with E-state index in [1.165, 1.54) is 38.2 Å². The van der Waals surface area contributed by atoms with Crippen LogP contribution in [0, 0.1) is 23.6 Å². The third-order valence-corrected chi connectivity index (χ3v) is 7.59. The van der Waals surface area contributed by atoms with Crippen LogP contribution in [0.5, 0.6) is 0 Å². The topological polar surface area (TPSA) is 41.5 Å². The van der Waals surface area contributed by atoms with Gasteiger partial charge in [-0.15, -0.1) is 0 Å². The smallest absolute Gasteiger partial charge is 0.241 e. The van der Waals surface area contributed by atoms with Gasteiger partial charge in [0.2, 0.25) is 5.91 Å². The minimum absolute atomic E-state index is 0.0241. The third kappa shape index (κ3) is 6.63. The van der Waals surface area contributed by atoms with E-state index in [0.29, 0.717) is 5.92 Å². The molecule has 2 aliphatic carbocycles. The Hall–Kier alpha value is -1.71. The van der Waals surface area contributed by atoms with Crippen molar-refractivity contribution in [1.29, 1.82) is 0 Å². The number of hydrogen-bond acceptors (Lipinski definition) is 2. The average Bonchev–Trinajstić information content (AvgIpc) is 3.05. The number of benzene rings is 1. The summed E-state index contributed by atoms with van der Waals surface area (Å²) in [7, 11) is 0. The van der Waals surface area contributed by atoms with Gasteiger partial charge in [-0.05, 0) is 74.5 Å². The van der Waals surface area contributed by atoms with Crippen molar-refractivity contribution in [1.82, 2.24) is 5.32 Å². The summed E-state index contributed by atoms with van der Waals surface area (Å²) in [4.78, 5) is 17.6. The van der Waals surface area contributed by atoms with Crippen molar-refractivity contribution >= 4 is 11.6 Å². The maximum Gasteiger partial charge on any atom is 0.241 e. The number of halogens is 1. The van der Waals surface area contributed by atoms with Crippen LogP contribution in [0.1, 0.15) is 96.5 Å². The molecule has 0 radical (unpaired) electrons. The summed E-state index contributed by atoms with van der Waals surface area (Å²) in [5.74, 6) is 2.18. The standard InChI is InChI=1S/C27H41FN2O/c1-4-6-7-14-26(24(5-2)22-12-9-13-23(28)17-22)29-18-27(31)30-19(3)25-16-20-10-8-11-21(25)15-20/h9,12-13,17,19-21,24-25H,4-8,10-11,14-16,18H2,1-3H3,(H,30,31). The van der Waals surface area contributed by atoms with Crippen LogP contribution in [-0.4, -0.2) is 24.2 Å². The number of carbonyl (C=O) groups is 1. The van der Waals surface area contributed by atoms with Crippen LogP contribution < -0.4 is 5.32 Å². The second-order valence-electron chi connectivity index (χ2n) is 9.83. The molecule has 1 amide bonds. The summed E-state index contributed by atoms with van der Waals surface area (Å²) in [6.07, 6.45) is 11.8. The van der Waals surface area contributed by atoms with E-state index < -0.39 is 0 Å². The molecule has 4 heteroatoms. The average molecular weight is 429 g/mol. The lowest BCUT2D eigenvalue weighted by Gasteiger charge is -2.26. The van der Waals surface area contributed by atoms with Gasteiger partial charge in [-0.1, -0.05) is 58.1 Å². The molecule has 2 bridgehead atoms. The molecule has 2 saturated carbocycles. The molecule has 1 aromatic carbocycles. The minimum atomic E-state index is -0.211. The molecule has 172 valence electrons. The van der Waals surface area contributed by atoms with Gasteiger partial charge in [-0.2, -0.15) is 0 Å². The maximum absolute atomic E-state index is 13.8. The number of rotatable bonds is 11. The number of fused-ring (bicyclic) bond motifs is 2. The Bertz CT molecular complexity index is 747. The highest BCUT2D eigenvalue weighted by atomic mass is 19.1. The highest BCUT2D eigenvalue weighted by Gasteiger charge is 2.39. The molecule has 5 atom stereocenters. The Morgan fingerprint density at radius 3 is 2.77 bits per heavy atom. The third-order valence-electron chi connectivity index (χ3n) is 7.59. The predicted molar refractivity (Wildman–Crippen MR) is 127 cm³/mol. The van der Waals surface area contributed by atoms with E-state index in [1.54, 1.807) is 12.1 Å². The lowest BCUT2D eigenvalue weighted by atomic mass is 9.85. The Morgan fingerprint density at radius 2 is 2.06 bits per heavy atom. The van der Waals surface area contributed by atoms with E-state index in [2.05, 4.69) is 26.1 Å². The Kier molecular flexibility index (Phi) is 9.10. The number of aliphatic imine (C=N–C) groups is 1. The van der Waals surface area contributed by atoms with E-state index in [9.17, 15) is 9.18 Å². The molecule has 31 heavy (non-hydrogen) atoms. The van der Waals surface area contributed by atoms with Gasteiger partial charge in [0.1, 0.15) is 12.4 Å². The van der Waals surface area contributed by atoms with Crippen molar-refractivity contribution < 1.29 is 9.18 Å². The van der Waals surface area contributed by atoms with Gasteiger partial charge in [0, 0.05) is 17.7 Å². The summed E-state index contributed by atoms with van der Waals surface area (Å²) in [6.45, 7) is 6.66. The number of nitrogens with zero attached hydrogens (tertiary/aromatic N) is 1. The second-order valence-corrected chi connectivity index (χ2v) is 9.83. The molecular formula is C27H41FN2O. The van der Waals surface area contributed by atoms with Crippen molar-refractivity contribution in [3.63, 3.8) is 0 Å². The van der Waals surface area contributed by atoms with Gasteiger partial charge in [0.15, 0.2) is 0 Å². The molecule has 0 saturated heterocycles. The second kappa shape index (κ2) is 11.8. The molecule has 3 nitrogen and oxygen atoms in total. The van der Waals surface area contributed by atoms with Gasteiger partial charge in [-0.25, -0.2) is 4.39 Å². The number of hydrogen-bond donors (Lipinski definition) is 1. The van der Waals surface area contributed by atoms with Crippen molar-refractivity contribution in [2.75, 3.05) is 6.54 Å². The highest BCUT2D eigenvalue weighted by Crippen LogP contribution is 2.47. The summed E-state index contributed by atoms with van der Waals surface area (Å²) in [5.41, 5.74) is 2.01. The number of nitrogens with one attached hydrogen (secondary N) is 1. The van der Waals surface area contributed by atoms with Crippen molar-refractivity contribution in [2.24, 2.45) is 22.7 Å². The molecule has 1 aromatic rings. The summed E-state index contributed by atoms with van der Waals surface area (Å²) < 4.78 is 13.8. The lowest BCUT2D eigenvalue weighted by Crippen LogP contribution is -2.40. The van der Waals surface area contributed by atoms with E-state index in [0.717, 1.165) is 55.2 Å². The normalized spacial score (nSPS) is 25.3. The molecule has 3 rings (SSSR count). The number of unbranched alkanes of at least 4 members (excludes halogenated alkanes) is 2. The van der Waals surface area contributed by atoms with Crippen LogP contribution in [0.3, 0.4) is 0 Å². The predicted octanol–water partition coefficient (Wildman–Crippen LogP) is 6.67. The maximum atomic E-state index is 13.8. The molecule has 0 spiro atoms. The van der Waals surface area contributed by atoms with Gasteiger partial charge in [0.25, 0.3) is 0 Å². The van der Waals surface area contributed by atoms with Crippen LogP contribution in [0.4, 0.5) is 4.39 Å². The van der Waals surface area contributed by atoms with Gasteiger partial charge >= 0.3 is 0 Å². The molecule has 1 N–H and O–H groups in total. The lowest BCUT2D eigenvalue weighted by molar-refractivity contribution is -0.120. The van der Waals surface area contributed by atoms with E-state index in [-0.39, 0.29) is 30.2 Å². The van der Waals surface area contributed by atoms with Crippen LogP contribution in [0.25, 0.3) is 0 Å². The van der Waals surface area contributed by atoms with E-state index in [4.69, 9.17) is 4.99 Å². The SMILES string of the molecule is CCCCCC(=NCC(=O)NC(C)C1CC2CCCC1C2)C(CC)c1cccc(F)c1. The Balaban J connectivity index is 1.64. The Labute approximate surface area is 188 Å². The van der Waals surface area contributed by atoms with Crippen LogP contribution >= 0.6 is 0 Å². The highest BCUT2D eigenvalue weighted by molar-refractivity contribution is 5.93. The summed E-state index contributed by atoms with van der Waals surface area (Å²) >= 11 is 0. The zero-order valence-corrected chi connectivity index (χ0v) is 19.7. The first-order valence-corrected chi connectivity index (χ1v) is 12.6. The van der Waals surface area contributed by atoms with Gasteiger partial charge in [-0.3, -0.25) is 9.79 Å². The molecule has 2 aliphatic rings. The fourth-order valence-electron chi connectivity index (χ4n) is 6.01. The monoisotopic (exact) mass is 428 g/mol. The molecule has 2 fully saturated rings. The fraction of sp³-hybridized carbons (Fsp3) is 0.704. The molecule has 0 aliphatic heterocycles. The van der Waals surface area contributed by atoms with Gasteiger partial charge in [0.05, 0.1) is 0 Å².